The van der Waals surface area contributed by atoms with Crippen molar-refractivity contribution in [1.82, 2.24) is 4.31 Å². The average Bonchev–Trinajstić information content (AvgIpc) is 2.68. The van der Waals surface area contributed by atoms with Crippen molar-refractivity contribution in [1.29, 1.82) is 0 Å². The van der Waals surface area contributed by atoms with Gasteiger partial charge in [-0.05, 0) is 61.4 Å². The lowest BCUT2D eigenvalue weighted by molar-refractivity contribution is 0.345. The van der Waals surface area contributed by atoms with Gasteiger partial charge in [-0.15, -0.1) is 0 Å². The lowest BCUT2D eigenvalue weighted by atomic mass is 10.2. The van der Waals surface area contributed by atoms with Crippen LogP contribution in [0.4, 0.5) is 4.39 Å². The van der Waals surface area contributed by atoms with E-state index in [-0.39, 0.29) is 35.7 Å². The average molecular weight is 413 g/mol. The Labute approximate surface area is 158 Å². The highest BCUT2D eigenvalue weighted by molar-refractivity contribution is 7.92. The van der Waals surface area contributed by atoms with Gasteiger partial charge in [0.2, 0.25) is 10.0 Å². The van der Waals surface area contributed by atoms with Crippen molar-refractivity contribution in [3.63, 3.8) is 0 Å². The summed E-state index contributed by atoms with van der Waals surface area (Å²) in [6, 6.07) is 10.8. The van der Waals surface area contributed by atoms with E-state index in [0.29, 0.717) is 5.75 Å². The van der Waals surface area contributed by atoms with Crippen LogP contribution in [0.3, 0.4) is 0 Å². The number of ether oxygens (including phenoxy) is 1. The van der Waals surface area contributed by atoms with Crippen LogP contribution in [0.2, 0.25) is 0 Å². The highest BCUT2D eigenvalue weighted by Gasteiger charge is 2.35. The van der Waals surface area contributed by atoms with Crippen molar-refractivity contribution in [2.75, 3.05) is 20.2 Å². The number of benzene rings is 2. The van der Waals surface area contributed by atoms with Crippen molar-refractivity contribution in [3.8, 4) is 5.75 Å². The summed E-state index contributed by atoms with van der Waals surface area (Å²) in [6.45, 7) is 0.194. The minimum atomic E-state index is -3.77. The molecule has 1 fully saturated rings. The van der Waals surface area contributed by atoms with Crippen molar-refractivity contribution in [2.45, 2.75) is 27.9 Å². The molecule has 0 aromatic heterocycles. The molecule has 0 aliphatic carbocycles. The summed E-state index contributed by atoms with van der Waals surface area (Å²) in [5, 5.41) is -0.648. The molecule has 1 aliphatic heterocycles. The third kappa shape index (κ3) is 3.99. The molecule has 2 aromatic carbocycles. The Morgan fingerprint density at radius 2 is 1.41 bits per heavy atom. The Balaban J connectivity index is 1.73. The van der Waals surface area contributed by atoms with Crippen molar-refractivity contribution in [3.05, 3.63) is 54.3 Å². The van der Waals surface area contributed by atoms with Crippen molar-refractivity contribution in [2.24, 2.45) is 0 Å². The zero-order chi connectivity index (χ0) is 19.7. The fourth-order valence-corrected chi connectivity index (χ4v) is 6.30. The van der Waals surface area contributed by atoms with Gasteiger partial charge in [0.15, 0.2) is 9.84 Å². The second-order valence-corrected chi connectivity index (χ2v) is 10.4. The molecular weight excluding hydrogens is 393 g/mol. The van der Waals surface area contributed by atoms with Gasteiger partial charge in [0.25, 0.3) is 0 Å². The van der Waals surface area contributed by atoms with E-state index in [1.807, 2.05) is 0 Å². The van der Waals surface area contributed by atoms with Crippen LogP contribution in [0.5, 0.6) is 5.75 Å². The van der Waals surface area contributed by atoms with Gasteiger partial charge in [-0.25, -0.2) is 21.2 Å². The zero-order valence-corrected chi connectivity index (χ0v) is 16.3. The molecular formula is C18H20FNO5S2. The molecule has 0 saturated carbocycles. The minimum Gasteiger partial charge on any atom is -0.497 e. The van der Waals surface area contributed by atoms with Gasteiger partial charge < -0.3 is 4.74 Å². The molecule has 2 aromatic rings. The molecule has 0 amide bonds. The quantitative estimate of drug-likeness (QED) is 0.752. The Hall–Kier alpha value is -1.97. The van der Waals surface area contributed by atoms with Crippen LogP contribution in [0.15, 0.2) is 58.3 Å². The first-order valence-electron chi connectivity index (χ1n) is 8.39. The summed E-state index contributed by atoms with van der Waals surface area (Å²) < 4.78 is 70.2. The summed E-state index contributed by atoms with van der Waals surface area (Å²) >= 11 is 0. The van der Waals surface area contributed by atoms with E-state index >= 15 is 0 Å². The number of hydrogen-bond acceptors (Lipinski definition) is 5. The largest absolute Gasteiger partial charge is 0.497 e. The highest BCUT2D eigenvalue weighted by atomic mass is 32.2. The van der Waals surface area contributed by atoms with E-state index in [2.05, 4.69) is 0 Å². The summed E-state index contributed by atoms with van der Waals surface area (Å²) in [4.78, 5) is 0.198. The summed E-state index contributed by atoms with van der Waals surface area (Å²) in [5.41, 5.74) is 0. The molecule has 3 rings (SSSR count). The highest BCUT2D eigenvalue weighted by Crippen LogP contribution is 2.28. The first-order valence-corrected chi connectivity index (χ1v) is 11.4. The number of hydrogen-bond donors (Lipinski definition) is 0. The molecule has 0 N–H and O–H groups in total. The minimum absolute atomic E-state index is 0.000335. The molecule has 1 heterocycles. The lowest BCUT2D eigenvalue weighted by Crippen LogP contribution is -2.42. The standard InChI is InChI=1S/C18H20FNO5S2/c1-25-15-4-8-16(9-5-15)26(21,22)17-10-12-20(13-11-17)27(23,24)18-6-2-14(19)3-7-18/h2-9,17H,10-13H2,1H3. The fourth-order valence-electron chi connectivity index (χ4n) is 3.10. The molecule has 6 nitrogen and oxygen atoms in total. The molecule has 1 saturated heterocycles. The molecule has 1 aliphatic rings. The third-order valence-electron chi connectivity index (χ3n) is 4.68. The molecule has 146 valence electrons. The van der Waals surface area contributed by atoms with Crippen LogP contribution >= 0.6 is 0 Å². The molecule has 0 unspecified atom stereocenters. The van der Waals surface area contributed by atoms with Crippen LogP contribution in [0.1, 0.15) is 12.8 Å². The maximum Gasteiger partial charge on any atom is 0.243 e. The van der Waals surface area contributed by atoms with Crippen LogP contribution in [-0.2, 0) is 19.9 Å². The van der Waals surface area contributed by atoms with E-state index in [0.717, 1.165) is 12.1 Å². The van der Waals surface area contributed by atoms with Crippen molar-refractivity contribution >= 4 is 19.9 Å². The molecule has 9 heteroatoms. The number of piperidine rings is 1. The molecule has 0 radical (unpaired) electrons. The number of sulfonamides is 1. The number of rotatable bonds is 5. The summed E-state index contributed by atoms with van der Waals surface area (Å²) in [5.74, 6) is 0.0485. The monoisotopic (exact) mass is 413 g/mol. The van der Waals surface area contributed by atoms with Gasteiger partial charge >= 0.3 is 0 Å². The SMILES string of the molecule is COc1ccc(S(=O)(=O)C2CCN(S(=O)(=O)c3ccc(F)cc3)CC2)cc1. The van der Waals surface area contributed by atoms with Gasteiger partial charge in [-0.2, -0.15) is 4.31 Å². The van der Waals surface area contributed by atoms with Crippen LogP contribution in [0, 0.1) is 5.82 Å². The van der Waals surface area contributed by atoms with E-state index in [1.54, 1.807) is 12.1 Å². The van der Waals surface area contributed by atoms with Gasteiger partial charge in [0.1, 0.15) is 11.6 Å². The second kappa shape index (κ2) is 7.57. The molecule has 0 bridgehead atoms. The van der Waals surface area contributed by atoms with Gasteiger partial charge in [-0.3, -0.25) is 0 Å². The van der Waals surface area contributed by atoms with Crippen LogP contribution in [0.25, 0.3) is 0 Å². The molecule has 0 spiro atoms. The van der Waals surface area contributed by atoms with Gasteiger partial charge in [0, 0.05) is 13.1 Å². The topological polar surface area (TPSA) is 80.8 Å². The molecule has 27 heavy (non-hydrogen) atoms. The second-order valence-electron chi connectivity index (χ2n) is 6.28. The smallest absolute Gasteiger partial charge is 0.243 e. The fraction of sp³-hybridized carbons (Fsp3) is 0.333. The maximum atomic E-state index is 13.0. The van der Waals surface area contributed by atoms with E-state index < -0.39 is 30.9 Å². The number of nitrogens with zero attached hydrogens (tertiary/aromatic N) is 1. The normalized spacial score (nSPS) is 17.0. The predicted octanol–water partition coefficient (Wildman–Crippen LogP) is 2.46. The number of halogens is 1. The Morgan fingerprint density at radius 3 is 1.93 bits per heavy atom. The third-order valence-corrected chi connectivity index (χ3v) is 8.87. The maximum absolute atomic E-state index is 13.0. The van der Waals surface area contributed by atoms with Gasteiger partial charge in [0.05, 0.1) is 22.2 Å². The van der Waals surface area contributed by atoms with E-state index in [9.17, 15) is 21.2 Å². The summed E-state index contributed by atoms with van der Waals surface area (Å²) in [6.07, 6.45) is 0.406. The van der Waals surface area contributed by atoms with Gasteiger partial charge in [-0.1, -0.05) is 0 Å². The number of methoxy groups -OCH3 is 1. The Bertz CT molecular complexity index is 995. The zero-order valence-electron chi connectivity index (χ0n) is 14.7. The Morgan fingerprint density at radius 1 is 0.889 bits per heavy atom. The van der Waals surface area contributed by atoms with Crippen LogP contribution < -0.4 is 4.74 Å². The van der Waals surface area contributed by atoms with E-state index in [1.165, 1.54) is 35.7 Å². The first-order chi connectivity index (χ1) is 12.7. The van der Waals surface area contributed by atoms with Crippen molar-refractivity contribution < 1.29 is 26.0 Å². The predicted molar refractivity (Wildman–Crippen MR) is 98.4 cm³/mol. The molecule has 0 atom stereocenters. The summed E-state index contributed by atoms with van der Waals surface area (Å²) in [7, 11) is -5.82. The van der Waals surface area contributed by atoms with Crippen LogP contribution in [-0.4, -0.2) is 46.6 Å². The Kier molecular flexibility index (Phi) is 5.55. The first kappa shape index (κ1) is 19.8. The number of sulfone groups is 1. The van der Waals surface area contributed by atoms with E-state index in [4.69, 9.17) is 4.74 Å². The lowest BCUT2D eigenvalue weighted by Gasteiger charge is -2.31.